The Morgan fingerprint density at radius 3 is 2.60 bits per heavy atom. The van der Waals surface area contributed by atoms with E-state index >= 15 is 0 Å². The van der Waals surface area contributed by atoms with Crippen LogP contribution in [0.5, 0.6) is 0 Å². The fourth-order valence-electron chi connectivity index (χ4n) is 2.98. The molecule has 2 amide bonds. The molecule has 1 aromatic heterocycles. The summed E-state index contributed by atoms with van der Waals surface area (Å²) in [7, 11) is 0. The average Bonchev–Trinajstić information content (AvgIpc) is 3.56. The van der Waals surface area contributed by atoms with Gasteiger partial charge in [-0.3, -0.25) is 4.98 Å². The number of pyridine rings is 1. The van der Waals surface area contributed by atoms with Crippen LogP contribution in [0, 0.1) is 5.82 Å². The van der Waals surface area contributed by atoms with Gasteiger partial charge < -0.3 is 15.4 Å². The predicted octanol–water partition coefficient (Wildman–Crippen LogP) is 4.45. The van der Waals surface area contributed by atoms with E-state index in [0.717, 1.165) is 12.8 Å². The van der Waals surface area contributed by atoms with Gasteiger partial charge in [0.25, 0.3) is 0 Å². The Labute approximate surface area is 173 Å². The van der Waals surface area contributed by atoms with Gasteiger partial charge in [0.15, 0.2) is 6.10 Å². The number of halogens is 1. The Bertz CT molecular complexity index is 1050. The van der Waals surface area contributed by atoms with Crippen molar-refractivity contribution in [3.8, 4) is 0 Å². The molecule has 1 unspecified atom stereocenters. The molecule has 0 bridgehead atoms. The Morgan fingerprint density at radius 1 is 1.03 bits per heavy atom. The van der Waals surface area contributed by atoms with Gasteiger partial charge in [0.2, 0.25) is 0 Å². The van der Waals surface area contributed by atoms with Crippen molar-refractivity contribution in [2.45, 2.75) is 25.0 Å². The van der Waals surface area contributed by atoms with Gasteiger partial charge in [0, 0.05) is 23.5 Å². The summed E-state index contributed by atoms with van der Waals surface area (Å²) in [6.07, 6.45) is 2.67. The van der Waals surface area contributed by atoms with Crippen molar-refractivity contribution in [3.63, 3.8) is 0 Å². The Morgan fingerprint density at radius 2 is 1.87 bits per heavy atom. The van der Waals surface area contributed by atoms with E-state index in [-0.39, 0.29) is 17.6 Å². The number of aromatic nitrogens is 1. The smallest absolute Gasteiger partial charge is 0.339 e. The van der Waals surface area contributed by atoms with Gasteiger partial charge in [0.1, 0.15) is 5.82 Å². The number of anilines is 1. The number of hydrogen-bond donors (Lipinski definition) is 2. The summed E-state index contributed by atoms with van der Waals surface area (Å²) >= 11 is 0. The average molecular weight is 405 g/mol. The van der Waals surface area contributed by atoms with E-state index in [4.69, 9.17) is 4.74 Å². The highest BCUT2D eigenvalue weighted by molar-refractivity contribution is 5.94. The van der Waals surface area contributed by atoms with Crippen LogP contribution in [0.1, 0.15) is 40.6 Å². The number of amides is 2. The zero-order valence-corrected chi connectivity index (χ0v) is 16.0. The number of rotatable bonds is 6. The van der Waals surface area contributed by atoms with Gasteiger partial charge >= 0.3 is 12.0 Å². The number of esters is 1. The summed E-state index contributed by atoms with van der Waals surface area (Å²) in [6, 6.07) is 17.5. The van der Waals surface area contributed by atoms with Crippen molar-refractivity contribution in [1.82, 2.24) is 10.3 Å². The molecule has 1 aliphatic carbocycles. The molecule has 6 nitrogen and oxygen atoms in total. The number of nitrogens with zero attached hydrogens (tertiary/aromatic N) is 1. The molecule has 1 fully saturated rings. The Balaban J connectivity index is 1.53. The van der Waals surface area contributed by atoms with E-state index in [2.05, 4.69) is 15.6 Å². The number of benzene rings is 2. The number of hydrogen-bond acceptors (Lipinski definition) is 4. The van der Waals surface area contributed by atoms with Crippen LogP contribution < -0.4 is 10.6 Å². The molecule has 2 N–H and O–H groups in total. The van der Waals surface area contributed by atoms with E-state index in [1.54, 1.807) is 54.7 Å². The first kappa shape index (κ1) is 19.6. The lowest BCUT2D eigenvalue weighted by molar-refractivity contribution is 0.0370. The second kappa shape index (κ2) is 8.73. The second-order valence-corrected chi connectivity index (χ2v) is 7.05. The number of carbonyl (C=O) groups excluding carboxylic acids is 2. The van der Waals surface area contributed by atoms with Gasteiger partial charge in [-0.1, -0.05) is 24.3 Å². The molecular weight excluding hydrogens is 385 g/mol. The molecule has 1 heterocycles. The molecule has 1 atom stereocenters. The zero-order chi connectivity index (χ0) is 20.9. The van der Waals surface area contributed by atoms with E-state index in [0.29, 0.717) is 16.9 Å². The molecule has 0 radical (unpaired) electrons. The third-order valence-electron chi connectivity index (χ3n) is 4.60. The van der Waals surface area contributed by atoms with Crippen LogP contribution in [-0.2, 0) is 4.74 Å². The fourth-order valence-corrected chi connectivity index (χ4v) is 2.98. The molecule has 0 spiro atoms. The minimum Gasteiger partial charge on any atom is -0.447 e. The van der Waals surface area contributed by atoms with Crippen molar-refractivity contribution in [1.29, 1.82) is 0 Å². The zero-order valence-electron chi connectivity index (χ0n) is 16.0. The molecule has 0 saturated heterocycles. The molecular formula is C23H20FN3O3. The predicted molar refractivity (Wildman–Crippen MR) is 110 cm³/mol. The lowest BCUT2D eigenvalue weighted by atomic mass is 10.1. The van der Waals surface area contributed by atoms with E-state index in [1.807, 2.05) is 0 Å². The first-order valence-electron chi connectivity index (χ1n) is 9.63. The van der Waals surface area contributed by atoms with Gasteiger partial charge in [-0.15, -0.1) is 0 Å². The third-order valence-corrected chi connectivity index (χ3v) is 4.60. The highest BCUT2D eigenvalue weighted by atomic mass is 19.1. The van der Waals surface area contributed by atoms with Gasteiger partial charge in [-0.2, -0.15) is 0 Å². The molecule has 30 heavy (non-hydrogen) atoms. The summed E-state index contributed by atoms with van der Waals surface area (Å²) in [4.78, 5) is 29.0. The molecule has 152 valence electrons. The summed E-state index contributed by atoms with van der Waals surface area (Å²) in [5, 5.41) is 5.53. The standard InChI is InChI=1S/C23H20FN3O3/c24-17-7-3-5-15(13-17)21(20-9-1-2-12-25-20)30-22(28)16-6-4-8-19(14-16)27-23(29)26-18-10-11-18/h1-9,12-14,18,21H,10-11H2,(H2,26,27,29). The topological polar surface area (TPSA) is 80.3 Å². The van der Waals surface area contributed by atoms with Gasteiger partial charge in [-0.25, -0.2) is 14.0 Å². The van der Waals surface area contributed by atoms with E-state index < -0.39 is 17.9 Å². The normalized spacial score (nSPS) is 13.9. The largest absolute Gasteiger partial charge is 0.447 e. The van der Waals surface area contributed by atoms with Crippen molar-refractivity contribution >= 4 is 17.7 Å². The lowest BCUT2D eigenvalue weighted by Crippen LogP contribution is -2.30. The maximum absolute atomic E-state index is 13.8. The van der Waals surface area contributed by atoms with Crippen LogP contribution >= 0.6 is 0 Å². The maximum atomic E-state index is 13.8. The number of carbonyl (C=O) groups is 2. The summed E-state index contributed by atoms with van der Waals surface area (Å²) < 4.78 is 19.5. The fraction of sp³-hybridized carbons (Fsp3) is 0.174. The van der Waals surface area contributed by atoms with Crippen molar-refractivity contribution in [2.24, 2.45) is 0 Å². The monoisotopic (exact) mass is 405 g/mol. The van der Waals surface area contributed by atoms with Crippen LogP contribution in [0.25, 0.3) is 0 Å². The van der Waals surface area contributed by atoms with Crippen LogP contribution in [-0.4, -0.2) is 23.0 Å². The van der Waals surface area contributed by atoms with Crippen molar-refractivity contribution in [3.05, 3.63) is 95.6 Å². The minimum atomic E-state index is -0.871. The van der Waals surface area contributed by atoms with E-state index in [9.17, 15) is 14.0 Å². The Hall–Kier alpha value is -3.74. The molecule has 1 aliphatic rings. The molecule has 3 aromatic rings. The molecule has 0 aliphatic heterocycles. The first-order valence-corrected chi connectivity index (χ1v) is 9.63. The molecule has 1 saturated carbocycles. The molecule has 7 heteroatoms. The summed E-state index contributed by atoms with van der Waals surface area (Å²) in [6.45, 7) is 0. The SMILES string of the molecule is O=C(Nc1cccc(C(=O)OC(c2cccc(F)c2)c2ccccn2)c1)NC1CC1. The van der Waals surface area contributed by atoms with Gasteiger partial charge in [-0.05, 0) is 55.3 Å². The number of urea groups is 1. The number of nitrogens with one attached hydrogen (secondary N) is 2. The highest BCUT2D eigenvalue weighted by Crippen LogP contribution is 2.27. The summed E-state index contributed by atoms with van der Waals surface area (Å²) in [5.74, 6) is -1.04. The van der Waals surface area contributed by atoms with Crippen LogP contribution in [0.4, 0.5) is 14.9 Å². The van der Waals surface area contributed by atoms with Gasteiger partial charge in [0.05, 0.1) is 11.3 Å². The van der Waals surface area contributed by atoms with Crippen LogP contribution in [0.3, 0.4) is 0 Å². The summed E-state index contributed by atoms with van der Waals surface area (Å²) in [5.41, 5.74) is 1.69. The number of ether oxygens (including phenoxy) is 1. The van der Waals surface area contributed by atoms with Crippen molar-refractivity contribution in [2.75, 3.05) is 5.32 Å². The quantitative estimate of drug-likeness (QED) is 0.594. The van der Waals surface area contributed by atoms with Crippen LogP contribution in [0.15, 0.2) is 72.9 Å². The molecule has 2 aromatic carbocycles. The maximum Gasteiger partial charge on any atom is 0.339 e. The van der Waals surface area contributed by atoms with Crippen molar-refractivity contribution < 1.29 is 18.7 Å². The second-order valence-electron chi connectivity index (χ2n) is 7.05. The first-order chi connectivity index (χ1) is 14.6. The van der Waals surface area contributed by atoms with E-state index in [1.165, 1.54) is 18.2 Å². The Kier molecular flexibility index (Phi) is 5.70. The molecule has 4 rings (SSSR count). The highest BCUT2D eigenvalue weighted by Gasteiger charge is 2.24. The minimum absolute atomic E-state index is 0.226. The lowest BCUT2D eigenvalue weighted by Gasteiger charge is -2.18. The van der Waals surface area contributed by atoms with Crippen LogP contribution in [0.2, 0.25) is 0 Å². The third kappa shape index (κ3) is 5.00.